The Morgan fingerprint density at radius 3 is 2.88 bits per heavy atom. The molecule has 0 aromatic carbocycles. The van der Waals surface area contributed by atoms with Gasteiger partial charge in [-0.05, 0) is 19.1 Å². The van der Waals surface area contributed by atoms with E-state index in [4.69, 9.17) is 11.6 Å². The van der Waals surface area contributed by atoms with Gasteiger partial charge in [-0.1, -0.05) is 11.6 Å². The van der Waals surface area contributed by atoms with E-state index in [1.807, 2.05) is 0 Å². The molecule has 86 valence electrons. The van der Waals surface area contributed by atoms with Crippen LogP contribution in [-0.2, 0) is 4.79 Å². The number of anilines is 1. The highest BCUT2D eigenvalue weighted by Crippen LogP contribution is 2.11. The number of ketones is 1. The molecule has 1 aromatic rings. The van der Waals surface area contributed by atoms with Crippen LogP contribution in [0.25, 0.3) is 0 Å². The van der Waals surface area contributed by atoms with Gasteiger partial charge in [0.15, 0.2) is 0 Å². The van der Waals surface area contributed by atoms with Crippen molar-refractivity contribution >= 4 is 29.2 Å². The fourth-order valence-electron chi connectivity index (χ4n) is 0.986. The first-order chi connectivity index (χ1) is 7.58. The third-order valence-corrected chi connectivity index (χ3v) is 1.96. The van der Waals surface area contributed by atoms with E-state index in [0.717, 1.165) is 0 Å². The fourth-order valence-corrected chi connectivity index (χ4v) is 1.15. The van der Waals surface area contributed by atoms with Crippen LogP contribution in [0.4, 0.5) is 10.6 Å². The number of aromatic nitrogens is 1. The van der Waals surface area contributed by atoms with Gasteiger partial charge in [-0.3, -0.25) is 10.1 Å². The second kappa shape index (κ2) is 6.07. The maximum atomic E-state index is 11.3. The van der Waals surface area contributed by atoms with E-state index in [9.17, 15) is 9.59 Å². The van der Waals surface area contributed by atoms with Crippen molar-refractivity contribution < 1.29 is 9.59 Å². The van der Waals surface area contributed by atoms with E-state index in [1.165, 1.54) is 19.2 Å². The smallest absolute Gasteiger partial charge is 0.320 e. The van der Waals surface area contributed by atoms with Crippen molar-refractivity contribution in [3.05, 3.63) is 23.4 Å². The van der Waals surface area contributed by atoms with E-state index < -0.39 is 6.03 Å². The first-order valence-corrected chi connectivity index (χ1v) is 5.11. The van der Waals surface area contributed by atoms with Crippen LogP contribution in [0, 0.1) is 0 Å². The van der Waals surface area contributed by atoms with Crippen LogP contribution in [-0.4, -0.2) is 23.3 Å². The van der Waals surface area contributed by atoms with Crippen LogP contribution in [0.15, 0.2) is 18.3 Å². The van der Waals surface area contributed by atoms with Gasteiger partial charge >= 0.3 is 6.03 Å². The number of nitrogens with one attached hydrogen (secondary N) is 2. The zero-order chi connectivity index (χ0) is 12.0. The molecule has 1 rings (SSSR count). The summed E-state index contributed by atoms with van der Waals surface area (Å²) >= 11 is 5.72. The van der Waals surface area contributed by atoms with Gasteiger partial charge in [0, 0.05) is 24.2 Å². The Morgan fingerprint density at radius 2 is 2.25 bits per heavy atom. The maximum absolute atomic E-state index is 11.3. The molecule has 0 unspecified atom stereocenters. The highest BCUT2D eigenvalue weighted by atomic mass is 35.5. The van der Waals surface area contributed by atoms with Crippen LogP contribution in [0.2, 0.25) is 5.02 Å². The summed E-state index contributed by atoms with van der Waals surface area (Å²) in [5.41, 5.74) is 0. The Bertz CT molecular complexity index is 395. The van der Waals surface area contributed by atoms with Crippen molar-refractivity contribution in [2.75, 3.05) is 11.9 Å². The zero-order valence-corrected chi connectivity index (χ0v) is 9.54. The molecule has 0 aliphatic carbocycles. The number of nitrogens with zero attached hydrogens (tertiary/aromatic N) is 1. The average molecular weight is 242 g/mol. The summed E-state index contributed by atoms with van der Waals surface area (Å²) in [5.74, 6) is 0.397. The standard InChI is InChI=1S/C10H12ClN3O2/c1-7(15)2-4-13-10(16)14-9-6-8(11)3-5-12-9/h3,5-6H,2,4H2,1H3,(H2,12,13,14,16). The SMILES string of the molecule is CC(=O)CCNC(=O)Nc1cc(Cl)ccn1. The monoisotopic (exact) mass is 241 g/mol. The molecule has 5 nitrogen and oxygen atoms in total. The van der Waals surface area contributed by atoms with Crippen LogP contribution in [0.5, 0.6) is 0 Å². The van der Waals surface area contributed by atoms with Gasteiger partial charge in [0.1, 0.15) is 11.6 Å². The predicted molar refractivity (Wildman–Crippen MR) is 61.6 cm³/mol. The Balaban J connectivity index is 2.37. The lowest BCUT2D eigenvalue weighted by atomic mass is 10.3. The minimum atomic E-state index is -0.406. The summed E-state index contributed by atoms with van der Waals surface area (Å²) in [4.78, 5) is 25.8. The zero-order valence-electron chi connectivity index (χ0n) is 8.79. The van der Waals surface area contributed by atoms with Crippen molar-refractivity contribution in [3.63, 3.8) is 0 Å². The normalized spacial score (nSPS) is 9.62. The van der Waals surface area contributed by atoms with Crippen molar-refractivity contribution in [2.45, 2.75) is 13.3 Å². The first kappa shape index (κ1) is 12.4. The molecule has 0 spiro atoms. The van der Waals surface area contributed by atoms with Crippen molar-refractivity contribution in [3.8, 4) is 0 Å². The Labute approximate surface area is 98.2 Å². The molecule has 6 heteroatoms. The average Bonchev–Trinajstić information content (AvgIpc) is 2.16. The lowest BCUT2D eigenvalue weighted by Gasteiger charge is -2.05. The lowest BCUT2D eigenvalue weighted by Crippen LogP contribution is -2.30. The van der Waals surface area contributed by atoms with Crippen LogP contribution < -0.4 is 10.6 Å². The molecule has 2 amide bonds. The van der Waals surface area contributed by atoms with E-state index in [1.54, 1.807) is 6.07 Å². The molecule has 0 radical (unpaired) electrons. The quantitative estimate of drug-likeness (QED) is 0.845. The van der Waals surface area contributed by atoms with Crippen LogP contribution in [0.3, 0.4) is 0 Å². The summed E-state index contributed by atoms with van der Waals surface area (Å²) in [6, 6.07) is 2.74. The minimum absolute atomic E-state index is 0.0289. The highest BCUT2D eigenvalue weighted by molar-refractivity contribution is 6.30. The van der Waals surface area contributed by atoms with Gasteiger partial charge in [0.25, 0.3) is 0 Å². The van der Waals surface area contributed by atoms with Crippen molar-refractivity contribution in [1.29, 1.82) is 0 Å². The number of hydrogen-bond donors (Lipinski definition) is 2. The molecule has 0 atom stereocenters. The van der Waals surface area contributed by atoms with E-state index in [0.29, 0.717) is 23.8 Å². The van der Waals surface area contributed by atoms with Crippen molar-refractivity contribution in [2.24, 2.45) is 0 Å². The number of halogens is 1. The number of amides is 2. The van der Waals surface area contributed by atoms with E-state index >= 15 is 0 Å². The molecule has 16 heavy (non-hydrogen) atoms. The van der Waals surface area contributed by atoms with E-state index in [2.05, 4.69) is 15.6 Å². The molecule has 0 saturated heterocycles. The van der Waals surface area contributed by atoms with Crippen LogP contribution >= 0.6 is 11.6 Å². The van der Waals surface area contributed by atoms with Gasteiger partial charge < -0.3 is 5.32 Å². The van der Waals surface area contributed by atoms with Gasteiger partial charge in [-0.15, -0.1) is 0 Å². The Hall–Kier alpha value is -1.62. The Morgan fingerprint density at radius 1 is 1.50 bits per heavy atom. The third-order valence-electron chi connectivity index (χ3n) is 1.73. The number of carbonyl (C=O) groups excluding carboxylic acids is 2. The topological polar surface area (TPSA) is 71.1 Å². The molecule has 2 N–H and O–H groups in total. The second-order valence-electron chi connectivity index (χ2n) is 3.19. The van der Waals surface area contributed by atoms with Gasteiger partial charge in [0.2, 0.25) is 0 Å². The third kappa shape index (κ3) is 4.75. The molecule has 1 heterocycles. The molecule has 0 bridgehead atoms. The minimum Gasteiger partial charge on any atom is -0.337 e. The van der Waals surface area contributed by atoms with Gasteiger partial charge in [-0.2, -0.15) is 0 Å². The lowest BCUT2D eigenvalue weighted by molar-refractivity contribution is -0.116. The van der Waals surface area contributed by atoms with Gasteiger partial charge in [-0.25, -0.2) is 9.78 Å². The van der Waals surface area contributed by atoms with Crippen LogP contribution in [0.1, 0.15) is 13.3 Å². The summed E-state index contributed by atoms with van der Waals surface area (Å²) < 4.78 is 0. The number of urea groups is 1. The first-order valence-electron chi connectivity index (χ1n) is 4.74. The highest BCUT2D eigenvalue weighted by Gasteiger charge is 2.02. The molecule has 1 aromatic heterocycles. The summed E-state index contributed by atoms with van der Waals surface area (Å²) in [6.45, 7) is 1.78. The maximum Gasteiger partial charge on any atom is 0.320 e. The summed E-state index contributed by atoms with van der Waals surface area (Å²) in [7, 11) is 0. The van der Waals surface area contributed by atoms with E-state index in [-0.39, 0.29) is 5.78 Å². The molecule has 0 saturated carbocycles. The number of Topliss-reactive ketones (excluding diaryl/α,β-unsaturated/α-hetero) is 1. The fraction of sp³-hybridized carbons (Fsp3) is 0.300. The molecular formula is C10H12ClN3O2. The largest absolute Gasteiger partial charge is 0.337 e. The summed E-state index contributed by atoms with van der Waals surface area (Å²) in [6.07, 6.45) is 1.81. The predicted octanol–water partition coefficient (Wildman–Crippen LogP) is 1.84. The Kier molecular flexibility index (Phi) is 4.72. The number of pyridine rings is 1. The second-order valence-corrected chi connectivity index (χ2v) is 3.63. The molecule has 0 aliphatic rings. The van der Waals surface area contributed by atoms with Crippen molar-refractivity contribution in [1.82, 2.24) is 10.3 Å². The summed E-state index contributed by atoms with van der Waals surface area (Å²) in [5, 5.41) is 5.52. The molecular weight excluding hydrogens is 230 g/mol. The number of carbonyl (C=O) groups is 2. The number of hydrogen-bond acceptors (Lipinski definition) is 3. The van der Waals surface area contributed by atoms with Gasteiger partial charge in [0.05, 0.1) is 0 Å². The number of rotatable bonds is 4. The molecule has 0 fully saturated rings. The molecule has 0 aliphatic heterocycles.